The van der Waals surface area contributed by atoms with Crippen LogP contribution in [0.3, 0.4) is 0 Å². The molecule has 0 aromatic carbocycles. The second-order valence-electron chi connectivity index (χ2n) is 6.34. The third kappa shape index (κ3) is 3.48. The molecule has 20 heavy (non-hydrogen) atoms. The highest BCUT2D eigenvalue weighted by atomic mass is 15.2. The Morgan fingerprint density at radius 1 is 1.25 bits per heavy atom. The minimum atomic E-state index is 0.751. The van der Waals surface area contributed by atoms with Crippen LogP contribution in [0.15, 0.2) is 12.3 Å². The van der Waals surface area contributed by atoms with E-state index in [4.69, 9.17) is 0 Å². The Bertz CT molecular complexity index is 428. The van der Waals surface area contributed by atoms with Crippen molar-refractivity contribution >= 4 is 5.95 Å². The predicted octanol–water partition coefficient (Wildman–Crippen LogP) is 2.85. The van der Waals surface area contributed by atoms with Gasteiger partial charge in [0, 0.05) is 31.0 Å². The van der Waals surface area contributed by atoms with Gasteiger partial charge in [0.1, 0.15) is 0 Å². The summed E-state index contributed by atoms with van der Waals surface area (Å²) >= 11 is 0. The molecule has 0 radical (unpaired) electrons. The topological polar surface area (TPSA) is 41.1 Å². The first-order valence-corrected chi connectivity index (χ1v) is 8.09. The minimum Gasteiger partial charge on any atom is -0.354 e. The summed E-state index contributed by atoms with van der Waals surface area (Å²) in [5.41, 5.74) is 1.03. The smallest absolute Gasteiger partial charge is 0.222 e. The summed E-state index contributed by atoms with van der Waals surface area (Å²) in [6, 6.07) is 2.80. The SMILES string of the molecule is Cc1ccnc(NC[C@H]2CCN(C3CCCCC3)C2)n1. The molecule has 0 spiro atoms. The van der Waals surface area contributed by atoms with E-state index in [0.717, 1.165) is 30.1 Å². The van der Waals surface area contributed by atoms with Crippen molar-refractivity contribution in [1.82, 2.24) is 14.9 Å². The predicted molar refractivity (Wildman–Crippen MR) is 81.8 cm³/mol. The number of likely N-dealkylation sites (tertiary alicyclic amines) is 1. The van der Waals surface area contributed by atoms with Gasteiger partial charge in [0.25, 0.3) is 0 Å². The van der Waals surface area contributed by atoms with E-state index >= 15 is 0 Å². The second kappa shape index (κ2) is 6.53. The lowest BCUT2D eigenvalue weighted by atomic mass is 9.94. The minimum absolute atomic E-state index is 0.751. The van der Waals surface area contributed by atoms with Crippen LogP contribution >= 0.6 is 0 Å². The molecule has 4 nitrogen and oxygen atoms in total. The van der Waals surface area contributed by atoms with E-state index in [1.807, 2.05) is 19.2 Å². The number of aryl methyl sites for hydroxylation is 1. The molecule has 1 aliphatic carbocycles. The second-order valence-corrected chi connectivity index (χ2v) is 6.34. The van der Waals surface area contributed by atoms with Crippen molar-refractivity contribution in [3.8, 4) is 0 Å². The zero-order valence-corrected chi connectivity index (χ0v) is 12.5. The van der Waals surface area contributed by atoms with Crippen molar-refractivity contribution in [2.24, 2.45) is 5.92 Å². The van der Waals surface area contributed by atoms with E-state index in [1.54, 1.807) is 0 Å². The molecular formula is C16H26N4. The summed E-state index contributed by atoms with van der Waals surface area (Å²) in [4.78, 5) is 11.4. The highest BCUT2D eigenvalue weighted by molar-refractivity contribution is 5.24. The van der Waals surface area contributed by atoms with Crippen LogP contribution in [0.2, 0.25) is 0 Å². The van der Waals surface area contributed by atoms with Gasteiger partial charge in [-0.15, -0.1) is 0 Å². The van der Waals surface area contributed by atoms with E-state index in [1.165, 1.54) is 51.6 Å². The molecular weight excluding hydrogens is 248 g/mol. The zero-order chi connectivity index (χ0) is 13.8. The van der Waals surface area contributed by atoms with Crippen molar-refractivity contribution in [3.05, 3.63) is 18.0 Å². The number of nitrogens with zero attached hydrogens (tertiary/aromatic N) is 3. The quantitative estimate of drug-likeness (QED) is 0.916. The molecule has 1 aromatic heterocycles. The van der Waals surface area contributed by atoms with Gasteiger partial charge in [-0.2, -0.15) is 0 Å². The third-order valence-corrected chi connectivity index (χ3v) is 4.75. The molecule has 0 unspecified atom stereocenters. The largest absolute Gasteiger partial charge is 0.354 e. The van der Waals surface area contributed by atoms with Crippen molar-refractivity contribution in [1.29, 1.82) is 0 Å². The van der Waals surface area contributed by atoms with E-state index in [0.29, 0.717) is 0 Å². The van der Waals surface area contributed by atoms with Crippen LogP contribution in [0.4, 0.5) is 5.95 Å². The first-order chi connectivity index (χ1) is 9.81. The average molecular weight is 274 g/mol. The molecule has 0 bridgehead atoms. The molecule has 1 saturated carbocycles. The lowest BCUT2D eigenvalue weighted by molar-refractivity contribution is 0.186. The zero-order valence-electron chi connectivity index (χ0n) is 12.5. The number of hydrogen-bond acceptors (Lipinski definition) is 4. The molecule has 0 amide bonds. The fraction of sp³-hybridized carbons (Fsp3) is 0.750. The van der Waals surface area contributed by atoms with Crippen LogP contribution in [0.1, 0.15) is 44.2 Å². The molecule has 1 saturated heterocycles. The van der Waals surface area contributed by atoms with Crippen LogP contribution in [-0.4, -0.2) is 40.5 Å². The Hall–Kier alpha value is -1.16. The Balaban J connectivity index is 1.45. The summed E-state index contributed by atoms with van der Waals surface area (Å²) in [7, 11) is 0. The Labute approximate surface area is 122 Å². The van der Waals surface area contributed by atoms with E-state index in [9.17, 15) is 0 Å². The van der Waals surface area contributed by atoms with Crippen LogP contribution in [0.25, 0.3) is 0 Å². The van der Waals surface area contributed by atoms with Gasteiger partial charge in [0.05, 0.1) is 0 Å². The molecule has 2 heterocycles. The molecule has 1 N–H and O–H groups in total. The number of hydrogen-bond donors (Lipinski definition) is 1. The maximum Gasteiger partial charge on any atom is 0.222 e. The Morgan fingerprint density at radius 3 is 2.90 bits per heavy atom. The van der Waals surface area contributed by atoms with Crippen molar-refractivity contribution < 1.29 is 0 Å². The summed E-state index contributed by atoms with van der Waals surface area (Å²) < 4.78 is 0. The Kier molecular flexibility index (Phi) is 4.51. The first-order valence-electron chi connectivity index (χ1n) is 8.09. The molecule has 3 rings (SSSR count). The van der Waals surface area contributed by atoms with Crippen LogP contribution in [0, 0.1) is 12.8 Å². The molecule has 1 aromatic rings. The normalized spacial score (nSPS) is 24.9. The fourth-order valence-corrected chi connectivity index (χ4v) is 3.58. The van der Waals surface area contributed by atoms with Gasteiger partial charge in [-0.25, -0.2) is 9.97 Å². The van der Waals surface area contributed by atoms with Crippen LogP contribution < -0.4 is 5.32 Å². The van der Waals surface area contributed by atoms with Gasteiger partial charge >= 0.3 is 0 Å². The highest BCUT2D eigenvalue weighted by Gasteiger charge is 2.28. The van der Waals surface area contributed by atoms with E-state index in [-0.39, 0.29) is 0 Å². The fourth-order valence-electron chi connectivity index (χ4n) is 3.58. The first kappa shape index (κ1) is 13.8. The van der Waals surface area contributed by atoms with Gasteiger partial charge in [0.2, 0.25) is 5.95 Å². The third-order valence-electron chi connectivity index (χ3n) is 4.75. The summed E-state index contributed by atoms with van der Waals surface area (Å²) in [5, 5.41) is 3.40. The molecule has 1 atom stereocenters. The molecule has 1 aliphatic heterocycles. The van der Waals surface area contributed by atoms with Gasteiger partial charge < -0.3 is 10.2 Å². The Morgan fingerprint density at radius 2 is 2.10 bits per heavy atom. The van der Waals surface area contributed by atoms with Gasteiger partial charge in [0.15, 0.2) is 0 Å². The van der Waals surface area contributed by atoms with Crippen molar-refractivity contribution in [2.75, 3.05) is 25.0 Å². The number of aromatic nitrogens is 2. The summed E-state index contributed by atoms with van der Waals surface area (Å²) in [6.07, 6.45) is 10.3. The lowest BCUT2D eigenvalue weighted by Gasteiger charge is -2.31. The average Bonchev–Trinajstić information content (AvgIpc) is 2.95. The number of anilines is 1. The van der Waals surface area contributed by atoms with Gasteiger partial charge in [-0.3, -0.25) is 0 Å². The van der Waals surface area contributed by atoms with Crippen molar-refractivity contribution in [3.63, 3.8) is 0 Å². The van der Waals surface area contributed by atoms with Crippen molar-refractivity contribution in [2.45, 2.75) is 51.5 Å². The molecule has 2 aliphatic rings. The molecule has 110 valence electrons. The van der Waals surface area contributed by atoms with Gasteiger partial charge in [-0.05, 0) is 44.7 Å². The van der Waals surface area contributed by atoms with E-state index < -0.39 is 0 Å². The lowest BCUT2D eigenvalue weighted by Crippen LogP contribution is -2.35. The number of rotatable bonds is 4. The maximum absolute atomic E-state index is 4.41. The van der Waals surface area contributed by atoms with Gasteiger partial charge in [-0.1, -0.05) is 19.3 Å². The number of nitrogens with one attached hydrogen (secondary N) is 1. The molecule has 4 heteroatoms. The monoisotopic (exact) mass is 274 g/mol. The maximum atomic E-state index is 4.41. The van der Waals surface area contributed by atoms with Crippen LogP contribution in [0.5, 0.6) is 0 Å². The summed E-state index contributed by atoms with van der Waals surface area (Å²) in [5.74, 6) is 1.53. The van der Waals surface area contributed by atoms with Crippen LogP contribution in [-0.2, 0) is 0 Å². The summed E-state index contributed by atoms with van der Waals surface area (Å²) in [6.45, 7) is 5.55. The highest BCUT2D eigenvalue weighted by Crippen LogP contribution is 2.27. The molecule has 2 fully saturated rings. The standard InChI is InChI=1S/C16H26N4/c1-13-7-9-17-16(19-13)18-11-14-8-10-20(12-14)15-5-3-2-4-6-15/h7,9,14-15H,2-6,8,10-12H2,1H3,(H,17,18,19)/t14-/m1/s1. The van der Waals surface area contributed by atoms with E-state index in [2.05, 4.69) is 20.2 Å².